The zero-order chi connectivity index (χ0) is 13.3. The Kier molecular flexibility index (Phi) is 3.40. The van der Waals surface area contributed by atoms with E-state index in [1.165, 1.54) is 24.8 Å². The lowest BCUT2D eigenvalue weighted by Crippen LogP contribution is -2.41. The van der Waals surface area contributed by atoms with E-state index in [1.54, 1.807) is 7.11 Å². The molecule has 2 aliphatic carbocycles. The first-order valence-electron chi connectivity index (χ1n) is 7.29. The summed E-state index contributed by atoms with van der Waals surface area (Å²) in [7, 11) is 1.71. The van der Waals surface area contributed by atoms with Crippen LogP contribution in [0.1, 0.15) is 37.7 Å². The first kappa shape index (κ1) is 12.8. The Morgan fingerprint density at radius 3 is 2.63 bits per heavy atom. The van der Waals surface area contributed by atoms with E-state index in [4.69, 9.17) is 15.2 Å². The van der Waals surface area contributed by atoms with Crippen LogP contribution in [0.3, 0.4) is 0 Å². The summed E-state index contributed by atoms with van der Waals surface area (Å²) in [5.41, 5.74) is 7.40. The zero-order valence-electron chi connectivity index (χ0n) is 11.7. The van der Waals surface area contributed by atoms with Gasteiger partial charge in [0.2, 0.25) is 0 Å². The molecule has 2 N–H and O–H groups in total. The standard InChI is InChI=1S/C16H23NO2/c1-18-14-5-2-4-13(16(11-17)8-3-9-16)15(14)19-10-12-6-7-12/h2,4-5,12H,3,6-11,17H2,1H3. The maximum absolute atomic E-state index is 6.09. The predicted molar refractivity (Wildman–Crippen MR) is 75.8 cm³/mol. The molecule has 19 heavy (non-hydrogen) atoms. The van der Waals surface area contributed by atoms with Crippen LogP contribution in [-0.4, -0.2) is 20.3 Å². The van der Waals surface area contributed by atoms with Gasteiger partial charge in [-0.25, -0.2) is 0 Å². The Labute approximate surface area is 115 Å². The minimum absolute atomic E-state index is 0.118. The summed E-state index contributed by atoms with van der Waals surface area (Å²) in [5.74, 6) is 2.52. The van der Waals surface area contributed by atoms with Crippen molar-refractivity contribution in [3.8, 4) is 11.5 Å². The Morgan fingerprint density at radius 1 is 1.32 bits per heavy atom. The fraction of sp³-hybridized carbons (Fsp3) is 0.625. The fourth-order valence-corrected chi connectivity index (χ4v) is 2.92. The number of hydrogen-bond acceptors (Lipinski definition) is 3. The van der Waals surface area contributed by atoms with Gasteiger partial charge in [-0.15, -0.1) is 0 Å². The maximum atomic E-state index is 6.09. The quantitative estimate of drug-likeness (QED) is 0.856. The number of nitrogens with two attached hydrogens (primary N) is 1. The van der Waals surface area contributed by atoms with Gasteiger partial charge in [0, 0.05) is 17.5 Å². The normalized spacial score (nSPS) is 20.7. The second-order valence-corrected chi connectivity index (χ2v) is 5.93. The molecule has 0 spiro atoms. The predicted octanol–water partition coefficient (Wildman–Crippen LogP) is 2.86. The van der Waals surface area contributed by atoms with Crippen molar-refractivity contribution in [2.45, 2.75) is 37.5 Å². The molecule has 0 amide bonds. The van der Waals surface area contributed by atoms with E-state index < -0.39 is 0 Å². The fourth-order valence-electron chi connectivity index (χ4n) is 2.92. The highest BCUT2D eigenvalue weighted by molar-refractivity contribution is 5.51. The SMILES string of the molecule is COc1cccc(C2(CN)CCC2)c1OCC1CC1. The Hall–Kier alpha value is -1.22. The molecule has 0 aliphatic heterocycles. The van der Waals surface area contributed by atoms with Crippen LogP contribution in [0.25, 0.3) is 0 Å². The zero-order valence-corrected chi connectivity index (χ0v) is 11.7. The number of rotatable bonds is 6. The number of methoxy groups -OCH3 is 1. The molecule has 0 unspecified atom stereocenters. The van der Waals surface area contributed by atoms with Crippen molar-refractivity contribution in [3.63, 3.8) is 0 Å². The van der Waals surface area contributed by atoms with Gasteiger partial charge in [0.25, 0.3) is 0 Å². The first-order valence-corrected chi connectivity index (χ1v) is 7.29. The second kappa shape index (κ2) is 5.04. The molecular weight excluding hydrogens is 238 g/mol. The van der Waals surface area contributed by atoms with Crippen molar-refractivity contribution in [3.05, 3.63) is 23.8 Å². The molecule has 104 valence electrons. The average molecular weight is 261 g/mol. The van der Waals surface area contributed by atoms with E-state index in [-0.39, 0.29) is 5.41 Å². The average Bonchev–Trinajstić information content (AvgIpc) is 3.20. The van der Waals surface area contributed by atoms with Crippen molar-refractivity contribution in [1.29, 1.82) is 0 Å². The van der Waals surface area contributed by atoms with Gasteiger partial charge < -0.3 is 15.2 Å². The molecule has 3 nitrogen and oxygen atoms in total. The molecule has 0 aromatic heterocycles. The van der Waals surface area contributed by atoms with Crippen LogP contribution in [0, 0.1) is 5.92 Å². The molecule has 2 aliphatic rings. The largest absolute Gasteiger partial charge is 0.493 e. The molecule has 3 rings (SSSR count). The van der Waals surface area contributed by atoms with Crippen LogP contribution in [-0.2, 0) is 5.41 Å². The van der Waals surface area contributed by atoms with E-state index in [2.05, 4.69) is 6.07 Å². The highest BCUT2D eigenvalue weighted by Crippen LogP contribution is 2.49. The van der Waals surface area contributed by atoms with Gasteiger partial charge in [-0.05, 0) is 37.7 Å². The minimum atomic E-state index is 0.118. The van der Waals surface area contributed by atoms with E-state index in [9.17, 15) is 0 Å². The van der Waals surface area contributed by atoms with Crippen molar-refractivity contribution in [2.75, 3.05) is 20.3 Å². The molecule has 0 saturated heterocycles. The molecule has 1 aromatic carbocycles. The third-order valence-electron chi connectivity index (χ3n) is 4.63. The van der Waals surface area contributed by atoms with Gasteiger partial charge in [0.05, 0.1) is 13.7 Å². The van der Waals surface area contributed by atoms with Crippen LogP contribution in [0.2, 0.25) is 0 Å². The third kappa shape index (κ3) is 2.32. The van der Waals surface area contributed by atoms with Gasteiger partial charge in [-0.2, -0.15) is 0 Å². The molecule has 0 heterocycles. The highest BCUT2D eigenvalue weighted by Gasteiger charge is 2.40. The number of benzene rings is 1. The lowest BCUT2D eigenvalue weighted by Gasteiger charge is -2.42. The summed E-state index contributed by atoms with van der Waals surface area (Å²) >= 11 is 0. The van der Waals surface area contributed by atoms with Gasteiger partial charge >= 0.3 is 0 Å². The summed E-state index contributed by atoms with van der Waals surface area (Å²) in [6, 6.07) is 6.19. The van der Waals surface area contributed by atoms with Crippen molar-refractivity contribution in [1.82, 2.24) is 0 Å². The van der Waals surface area contributed by atoms with Crippen LogP contribution >= 0.6 is 0 Å². The summed E-state index contributed by atoms with van der Waals surface area (Å²) in [4.78, 5) is 0. The molecule has 0 bridgehead atoms. The van der Waals surface area contributed by atoms with Crippen LogP contribution in [0.4, 0.5) is 0 Å². The van der Waals surface area contributed by atoms with Crippen LogP contribution in [0.15, 0.2) is 18.2 Å². The van der Waals surface area contributed by atoms with E-state index in [0.717, 1.165) is 36.9 Å². The molecule has 2 saturated carbocycles. The molecular formula is C16H23NO2. The van der Waals surface area contributed by atoms with Crippen molar-refractivity contribution < 1.29 is 9.47 Å². The smallest absolute Gasteiger partial charge is 0.164 e. The lowest BCUT2D eigenvalue weighted by atomic mass is 9.64. The molecule has 3 heteroatoms. The Bertz CT molecular complexity index is 445. The summed E-state index contributed by atoms with van der Waals surface area (Å²) in [6.07, 6.45) is 6.18. The molecule has 0 atom stereocenters. The van der Waals surface area contributed by atoms with E-state index >= 15 is 0 Å². The van der Waals surface area contributed by atoms with Crippen LogP contribution in [0.5, 0.6) is 11.5 Å². The summed E-state index contributed by atoms with van der Waals surface area (Å²) in [5, 5.41) is 0. The van der Waals surface area contributed by atoms with Gasteiger partial charge in [0.1, 0.15) is 0 Å². The second-order valence-electron chi connectivity index (χ2n) is 5.93. The Morgan fingerprint density at radius 2 is 2.11 bits per heavy atom. The first-order chi connectivity index (χ1) is 9.29. The van der Waals surface area contributed by atoms with Gasteiger partial charge in [-0.1, -0.05) is 18.6 Å². The number of ether oxygens (including phenoxy) is 2. The molecule has 0 radical (unpaired) electrons. The highest BCUT2D eigenvalue weighted by atomic mass is 16.5. The lowest BCUT2D eigenvalue weighted by molar-refractivity contribution is 0.225. The summed E-state index contributed by atoms with van der Waals surface area (Å²) in [6.45, 7) is 1.51. The van der Waals surface area contributed by atoms with E-state index in [1.807, 2.05) is 12.1 Å². The number of para-hydroxylation sites is 1. The topological polar surface area (TPSA) is 44.5 Å². The molecule has 2 fully saturated rings. The minimum Gasteiger partial charge on any atom is -0.493 e. The maximum Gasteiger partial charge on any atom is 0.164 e. The van der Waals surface area contributed by atoms with Crippen molar-refractivity contribution >= 4 is 0 Å². The van der Waals surface area contributed by atoms with Gasteiger partial charge in [0.15, 0.2) is 11.5 Å². The monoisotopic (exact) mass is 261 g/mol. The van der Waals surface area contributed by atoms with Gasteiger partial charge in [-0.3, -0.25) is 0 Å². The summed E-state index contributed by atoms with van der Waals surface area (Å²) < 4.78 is 11.6. The number of hydrogen-bond donors (Lipinski definition) is 1. The van der Waals surface area contributed by atoms with Crippen molar-refractivity contribution in [2.24, 2.45) is 11.7 Å². The molecule has 1 aromatic rings. The Balaban J connectivity index is 1.91. The van der Waals surface area contributed by atoms with Crippen LogP contribution < -0.4 is 15.2 Å². The van der Waals surface area contributed by atoms with E-state index in [0.29, 0.717) is 6.54 Å². The third-order valence-corrected chi connectivity index (χ3v) is 4.63.